The molecule has 0 aromatic heterocycles. The Labute approximate surface area is 73.9 Å². The van der Waals surface area contributed by atoms with E-state index in [2.05, 4.69) is 43.3 Å². The summed E-state index contributed by atoms with van der Waals surface area (Å²) >= 11 is 0. The van der Waals surface area contributed by atoms with Gasteiger partial charge >= 0.3 is 0 Å². The maximum atomic E-state index is 5.37. The van der Waals surface area contributed by atoms with Crippen LogP contribution in [0.5, 0.6) is 0 Å². The van der Waals surface area contributed by atoms with E-state index in [-0.39, 0.29) is 0 Å². The zero-order valence-corrected chi connectivity index (χ0v) is 7.46. The van der Waals surface area contributed by atoms with Gasteiger partial charge in [0.1, 0.15) is 0 Å². The normalized spacial score (nSPS) is 10.8. The molecule has 0 fully saturated rings. The van der Waals surface area contributed by atoms with Gasteiger partial charge in [0.05, 0.1) is 0 Å². The number of benzene rings is 1. The molecule has 2 N–H and O–H groups in total. The maximum absolute atomic E-state index is 5.37. The molecule has 0 aliphatic rings. The Balaban J connectivity index is 2.58. The number of aryl methyl sites for hydroxylation is 1. The molecule has 1 rings (SSSR count). The standard InChI is InChI=1S/C11H15N/c1-10-5-7-11(8-6-10)4-2-3-9-12/h2,4-8H,3,9,12H2,1H3/b4-2+. The summed E-state index contributed by atoms with van der Waals surface area (Å²) in [5.41, 5.74) is 7.91. The highest BCUT2D eigenvalue weighted by Crippen LogP contribution is 2.04. The molecule has 1 heteroatoms. The molecule has 64 valence electrons. The summed E-state index contributed by atoms with van der Waals surface area (Å²) in [6.45, 7) is 2.82. The van der Waals surface area contributed by atoms with Crippen LogP contribution < -0.4 is 5.73 Å². The van der Waals surface area contributed by atoms with Crippen molar-refractivity contribution in [3.63, 3.8) is 0 Å². The lowest BCUT2D eigenvalue weighted by Gasteiger charge is -1.93. The van der Waals surface area contributed by atoms with Gasteiger partial charge in [-0.25, -0.2) is 0 Å². The van der Waals surface area contributed by atoms with Crippen LogP contribution in [0.1, 0.15) is 17.5 Å². The van der Waals surface area contributed by atoms with Gasteiger partial charge in [-0.3, -0.25) is 0 Å². The van der Waals surface area contributed by atoms with E-state index in [1.807, 2.05) is 0 Å². The molecule has 1 aromatic carbocycles. The summed E-state index contributed by atoms with van der Waals surface area (Å²) in [7, 11) is 0. The van der Waals surface area contributed by atoms with Crippen LogP contribution in [0.15, 0.2) is 30.3 Å². The van der Waals surface area contributed by atoms with Crippen molar-refractivity contribution in [2.45, 2.75) is 13.3 Å². The van der Waals surface area contributed by atoms with Gasteiger partial charge in [-0.2, -0.15) is 0 Å². The van der Waals surface area contributed by atoms with Gasteiger partial charge in [0.15, 0.2) is 0 Å². The molecule has 1 nitrogen and oxygen atoms in total. The van der Waals surface area contributed by atoms with Crippen LogP contribution in [0.2, 0.25) is 0 Å². The van der Waals surface area contributed by atoms with Gasteiger partial charge in [-0.15, -0.1) is 0 Å². The van der Waals surface area contributed by atoms with Crippen LogP contribution >= 0.6 is 0 Å². The number of hydrogen-bond acceptors (Lipinski definition) is 1. The van der Waals surface area contributed by atoms with Crippen molar-refractivity contribution in [1.82, 2.24) is 0 Å². The first-order valence-electron chi connectivity index (χ1n) is 4.26. The van der Waals surface area contributed by atoms with E-state index in [0.717, 1.165) is 13.0 Å². The van der Waals surface area contributed by atoms with E-state index in [1.165, 1.54) is 11.1 Å². The van der Waals surface area contributed by atoms with Crippen molar-refractivity contribution in [3.05, 3.63) is 41.5 Å². The zero-order chi connectivity index (χ0) is 8.81. The topological polar surface area (TPSA) is 26.0 Å². The molecule has 0 aliphatic carbocycles. The Morgan fingerprint density at radius 3 is 2.50 bits per heavy atom. The second-order valence-corrected chi connectivity index (χ2v) is 2.89. The average molecular weight is 161 g/mol. The van der Waals surface area contributed by atoms with Crippen molar-refractivity contribution in [1.29, 1.82) is 0 Å². The van der Waals surface area contributed by atoms with Gasteiger partial charge in [0, 0.05) is 0 Å². The predicted molar refractivity (Wildman–Crippen MR) is 53.9 cm³/mol. The van der Waals surface area contributed by atoms with E-state index in [1.54, 1.807) is 0 Å². The highest BCUT2D eigenvalue weighted by atomic mass is 14.5. The minimum absolute atomic E-state index is 0.725. The van der Waals surface area contributed by atoms with Crippen molar-refractivity contribution in [3.8, 4) is 0 Å². The molecule has 0 bridgehead atoms. The highest BCUT2D eigenvalue weighted by Gasteiger charge is 1.84. The third kappa shape index (κ3) is 2.89. The Bertz CT molecular complexity index is 246. The Morgan fingerprint density at radius 1 is 1.25 bits per heavy atom. The van der Waals surface area contributed by atoms with Crippen molar-refractivity contribution in [2.24, 2.45) is 5.73 Å². The molecule has 0 atom stereocenters. The van der Waals surface area contributed by atoms with E-state index >= 15 is 0 Å². The SMILES string of the molecule is Cc1ccc(/C=C/CCN)cc1. The minimum atomic E-state index is 0.725. The van der Waals surface area contributed by atoms with E-state index < -0.39 is 0 Å². The molecule has 0 aliphatic heterocycles. The quantitative estimate of drug-likeness (QED) is 0.723. The average Bonchev–Trinajstić information content (AvgIpc) is 2.09. The monoisotopic (exact) mass is 161 g/mol. The smallest absolute Gasteiger partial charge is 0.00425 e. The molecule has 0 heterocycles. The minimum Gasteiger partial charge on any atom is -0.330 e. The van der Waals surface area contributed by atoms with Crippen LogP contribution in [-0.2, 0) is 0 Å². The first kappa shape index (κ1) is 9.01. The van der Waals surface area contributed by atoms with Crippen LogP contribution in [0.3, 0.4) is 0 Å². The number of rotatable bonds is 3. The first-order chi connectivity index (χ1) is 5.83. The van der Waals surface area contributed by atoms with Crippen molar-refractivity contribution < 1.29 is 0 Å². The zero-order valence-electron chi connectivity index (χ0n) is 7.46. The van der Waals surface area contributed by atoms with Crippen LogP contribution in [0.25, 0.3) is 6.08 Å². The molecular weight excluding hydrogens is 146 g/mol. The molecule has 0 saturated carbocycles. The number of hydrogen-bond donors (Lipinski definition) is 1. The fourth-order valence-corrected chi connectivity index (χ4v) is 0.993. The molecule has 0 spiro atoms. The van der Waals surface area contributed by atoms with Crippen molar-refractivity contribution in [2.75, 3.05) is 6.54 Å². The lowest BCUT2D eigenvalue weighted by atomic mass is 10.1. The Hall–Kier alpha value is -1.08. The van der Waals surface area contributed by atoms with Crippen LogP contribution in [0, 0.1) is 6.92 Å². The molecular formula is C11H15N. The summed E-state index contributed by atoms with van der Waals surface area (Å²) in [6, 6.07) is 8.45. The summed E-state index contributed by atoms with van der Waals surface area (Å²) in [4.78, 5) is 0. The van der Waals surface area contributed by atoms with E-state index in [4.69, 9.17) is 5.73 Å². The highest BCUT2D eigenvalue weighted by molar-refractivity contribution is 5.49. The molecule has 12 heavy (non-hydrogen) atoms. The predicted octanol–water partition coefficient (Wildman–Crippen LogP) is 2.36. The van der Waals surface area contributed by atoms with Crippen LogP contribution in [-0.4, -0.2) is 6.54 Å². The summed E-state index contributed by atoms with van der Waals surface area (Å²) in [5.74, 6) is 0. The second-order valence-electron chi connectivity index (χ2n) is 2.89. The second kappa shape index (κ2) is 4.73. The molecule has 0 unspecified atom stereocenters. The molecule has 0 radical (unpaired) electrons. The molecule has 0 saturated heterocycles. The summed E-state index contributed by atoms with van der Waals surface area (Å²) < 4.78 is 0. The van der Waals surface area contributed by atoms with Gasteiger partial charge in [0.25, 0.3) is 0 Å². The summed E-state index contributed by atoms with van der Waals surface area (Å²) in [6.07, 6.45) is 5.16. The number of nitrogens with two attached hydrogens (primary N) is 1. The molecule has 0 amide bonds. The van der Waals surface area contributed by atoms with Gasteiger partial charge in [0.2, 0.25) is 0 Å². The van der Waals surface area contributed by atoms with E-state index in [9.17, 15) is 0 Å². The van der Waals surface area contributed by atoms with E-state index in [0.29, 0.717) is 0 Å². The van der Waals surface area contributed by atoms with Gasteiger partial charge in [-0.05, 0) is 25.5 Å². The Morgan fingerprint density at radius 2 is 1.92 bits per heavy atom. The lowest BCUT2D eigenvalue weighted by Crippen LogP contribution is -1.94. The summed E-state index contributed by atoms with van der Waals surface area (Å²) in [5, 5.41) is 0. The molecule has 1 aromatic rings. The first-order valence-corrected chi connectivity index (χ1v) is 4.26. The van der Waals surface area contributed by atoms with Gasteiger partial charge in [-0.1, -0.05) is 42.0 Å². The lowest BCUT2D eigenvalue weighted by molar-refractivity contribution is 1.01. The third-order valence-electron chi connectivity index (χ3n) is 1.72. The van der Waals surface area contributed by atoms with Crippen LogP contribution in [0.4, 0.5) is 0 Å². The fraction of sp³-hybridized carbons (Fsp3) is 0.273. The fourth-order valence-electron chi connectivity index (χ4n) is 0.993. The third-order valence-corrected chi connectivity index (χ3v) is 1.72. The van der Waals surface area contributed by atoms with Crippen molar-refractivity contribution >= 4 is 6.08 Å². The maximum Gasteiger partial charge on any atom is -0.00425 e. The Kier molecular flexibility index (Phi) is 3.55. The van der Waals surface area contributed by atoms with Gasteiger partial charge < -0.3 is 5.73 Å². The largest absolute Gasteiger partial charge is 0.330 e.